The molecule has 0 aliphatic carbocycles. The Kier molecular flexibility index (Phi) is 5.92. The SMILES string of the molecule is CC(CCN1CCC(C(C)(C)C)CC1)C1CCOCC1. The summed E-state index contributed by atoms with van der Waals surface area (Å²) in [5, 5.41) is 0. The molecule has 0 aromatic rings. The molecule has 2 fully saturated rings. The Hall–Kier alpha value is -0.0800. The van der Waals surface area contributed by atoms with E-state index in [1.807, 2.05) is 0 Å². The molecule has 0 amide bonds. The highest BCUT2D eigenvalue weighted by Crippen LogP contribution is 2.34. The van der Waals surface area contributed by atoms with Crippen LogP contribution < -0.4 is 0 Å². The van der Waals surface area contributed by atoms with Gasteiger partial charge in [0.25, 0.3) is 0 Å². The molecule has 2 aliphatic rings. The van der Waals surface area contributed by atoms with Gasteiger partial charge in [-0.2, -0.15) is 0 Å². The first-order valence-electron chi connectivity index (χ1n) is 8.77. The predicted molar refractivity (Wildman–Crippen MR) is 85.9 cm³/mol. The molecular weight excluding hydrogens is 246 g/mol. The van der Waals surface area contributed by atoms with Crippen LogP contribution in [0.5, 0.6) is 0 Å². The van der Waals surface area contributed by atoms with Gasteiger partial charge in [-0.3, -0.25) is 0 Å². The smallest absolute Gasteiger partial charge is 0.0468 e. The maximum atomic E-state index is 5.48. The molecule has 0 N–H and O–H groups in total. The number of ether oxygens (including phenoxy) is 1. The van der Waals surface area contributed by atoms with Gasteiger partial charge < -0.3 is 9.64 Å². The van der Waals surface area contributed by atoms with Crippen molar-refractivity contribution in [3.05, 3.63) is 0 Å². The highest BCUT2D eigenvalue weighted by Gasteiger charge is 2.29. The van der Waals surface area contributed by atoms with Crippen LogP contribution in [0.4, 0.5) is 0 Å². The zero-order valence-electron chi connectivity index (χ0n) is 14.2. The Balaban J connectivity index is 1.65. The normalized spacial score (nSPS) is 25.8. The molecule has 1 unspecified atom stereocenters. The lowest BCUT2D eigenvalue weighted by molar-refractivity contribution is 0.0439. The average molecular weight is 281 g/mol. The molecule has 2 heteroatoms. The van der Waals surface area contributed by atoms with Gasteiger partial charge in [0.1, 0.15) is 0 Å². The number of likely N-dealkylation sites (tertiary alicyclic amines) is 1. The maximum Gasteiger partial charge on any atom is 0.0468 e. The minimum absolute atomic E-state index is 0.501. The molecule has 0 radical (unpaired) electrons. The van der Waals surface area contributed by atoms with Gasteiger partial charge in [-0.05, 0) is 74.9 Å². The average Bonchev–Trinajstić information content (AvgIpc) is 2.45. The molecule has 2 heterocycles. The Morgan fingerprint density at radius 3 is 2.20 bits per heavy atom. The third kappa shape index (κ3) is 4.73. The summed E-state index contributed by atoms with van der Waals surface area (Å²) < 4.78 is 5.48. The number of hydrogen-bond acceptors (Lipinski definition) is 2. The van der Waals surface area contributed by atoms with Crippen LogP contribution in [0.1, 0.15) is 59.8 Å². The first-order valence-corrected chi connectivity index (χ1v) is 8.77. The summed E-state index contributed by atoms with van der Waals surface area (Å²) in [5.74, 6) is 2.71. The highest BCUT2D eigenvalue weighted by molar-refractivity contribution is 4.81. The van der Waals surface area contributed by atoms with Crippen molar-refractivity contribution in [3.8, 4) is 0 Å². The van der Waals surface area contributed by atoms with Crippen molar-refractivity contribution < 1.29 is 4.74 Å². The van der Waals surface area contributed by atoms with E-state index in [0.717, 1.165) is 31.0 Å². The van der Waals surface area contributed by atoms with Crippen molar-refractivity contribution in [2.45, 2.75) is 59.8 Å². The third-order valence-corrected chi connectivity index (χ3v) is 5.78. The monoisotopic (exact) mass is 281 g/mol. The van der Waals surface area contributed by atoms with Crippen molar-refractivity contribution in [1.82, 2.24) is 4.90 Å². The van der Waals surface area contributed by atoms with E-state index in [1.165, 1.54) is 51.7 Å². The van der Waals surface area contributed by atoms with Gasteiger partial charge in [-0.1, -0.05) is 27.7 Å². The number of nitrogens with zero attached hydrogens (tertiary/aromatic N) is 1. The van der Waals surface area contributed by atoms with Crippen molar-refractivity contribution in [2.24, 2.45) is 23.2 Å². The minimum atomic E-state index is 0.501. The Labute approximate surface area is 126 Å². The van der Waals surface area contributed by atoms with Crippen LogP contribution in [0.25, 0.3) is 0 Å². The van der Waals surface area contributed by atoms with E-state index in [4.69, 9.17) is 4.74 Å². The molecule has 1 atom stereocenters. The fourth-order valence-electron chi connectivity index (χ4n) is 3.93. The summed E-state index contributed by atoms with van der Waals surface area (Å²) >= 11 is 0. The van der Waals surface area contributed by atoms with E-state index in [2.05, 4.69) is 32.6 Å². The fourth-order valence-corrected chi connectivity index (χ4v) is 3.93. The van der Waals surface area contributed by atoms with Gasteiger partial charge in [-0.25, -0.2) is 0 Å². The quantitative estimate of drug-likeness (QED) is 0.766. The second-order valence-electron chi connectivity index (χ2n) is 8.20. The lowest BCUT2D eigenvalue weighted by Gasteiger charge is -2.39. The molecule has 0 saturated carbocycles. The lowest BCUT2D eigenvalue weighted by Crippen LogP contribution is -2.39. The van der Waals surface area contributed by atoms with Gasteiger partial charge in [0.2, 0.25) is 0 Å². The molecule has 2 saturated heterocycles. The molecule has 118 valence electrons. The highest BCUT2D eigenvalue weighted by atomic mass is 16.5. The first-order chi connectivity index (χ1) is 9.47. The minimum Gasteiger partial charge on any atom is -0.381 e. The summed E-state index contributed by atoms with van der Waals surface area (Å²) in [4.78, 5) is 2.71. The molecular formula is C18H35NO. The van der Waals surface area contributed by atoms with E-state index in [1.54, 1.807) is 0 Å². The summed E-state index contributed by atoms with van der Waals surface area (Å²) in [6.07, 6.45) is 6.75. The topological polar surface area (TPSA) is 12.5 Å². The first kappa shape index (κ1) is 16.3. The van der Waals surface area contributed by atoms with Gasteiger partial charge in [-0.15, -0.1) is 0 Å². The van der Waals surface area contributed by atoms with Gasteiger partial charge in [0, 0.05) is 13.2 Å². The standard InChI is InChI=1S/C18H35NO/c1-15(16-8-13-20-14-9-16)5-10-19-11-6-17(7-12-19)18(2,3)4/h15-17H,5-14H2,1-4H3. The van der Waals surface area contributed by atoms with Gasteiger partial charge in [0.15, 0.2) is 0 Å². The molecule has 0 bridgehead atoms. The zero-order chi connectivity index (χ0) is 14.6. The van der Waals surface area contributed by atoms with Crippen LogP contribution in [0, 0.1) is 23.2 Å². The summed E-state index contributed by atoms with van der Waals surface area (Å²) in [6, 6.07) is 0. The van der Waals surface area contributed by atoms with Crippen LogP contribution in [-0.4, -0.2) is 37.7 Å². The number of rotatable bonds is 4. The van der Waals surface area contributed by atoms with Crippen LogP contribution in [0.15, 0.2) is 0 Å². The predicted octanol–water partition coefficient (Wildman–Crippen LogP) is 4.20. The molecule has 0 spiro atoms. The van der Waals surface area contributed by atoms with Gasteiger partial charge >= 0.3 is 0 Å². The van der Waals surface area contributed by atoms with E-state index in [9.17, 15) is 0 Å². The van der Waals surface area contributed by atoms with Crippen molar-refractivity contribution in [3.63, 3.8) is 0 Å². The number of hydrogen-bond donors (Lipinski definition) is 0. The van der Waals surface area contributed by atoms with Crippen LogP contribution in [0.3, 0.4) is 0 Å². The van der Waals surface area contributed by atoms with E-state index < -0.39 is 0 Å². The number of piperidine rings is 1. The Morgan fingerprint density at radius 1 is 1.05 bits per heavy atom. The molecule has 20 heavy (non-hydrogen) atoms. The molecule has 0 aromatic heterocycles. The molecule has 2 nitrogen and oxygen atoms in total. The Morgan fingerprint density at radius 2 is 1.65 bits per heavy atom. The maximum absolute atomic E-state index is 5.48. The summed E-state index contributed by atoms with van der Waals surface area (Å²) in [6.45, 7) is 15.6. The van der Waals surface area contributed by atoms with E-state index in [0.29, 0.717) is 5.41 Å². The lowest BCUT2D eigenvalue weighted by atomic mass is 9.75. The van der Waals surface area contributed by atoms with Crippen LogP contribution in [-0.2, 0) is 4.74 Å². The van der Waals surface area contributed by atoms with E-state index in [-0.39, 0.29) is 0 Å². The van der Waals surface area contributed by atoms with Crippen molar-refractivity contribution >= 4 is 0 Å². The van der Waals surface area contributed by atoms with Gasteiger partial charge in [0.05, 0.1) is 0 Å². The largest absolute Gasteiger partial charge is 0.381 e. The van der Waals surface area contributed by atoms with Crippen molar-refractivity contribution in [1.29, 1.82) is 0 Å². The summed E-state index contributed by atoms with van der Waals surface area (Å²) in [7, 11) is 0. The third-order valence-electron chi connectivity index (χ3n) is 5.78. The molecule has 0 aromatic carbocycles. The van der Waals surface area contributed by atoms with Crippen LogP contribution in [0.2, 0.25) is 0 Å². The zero-order valence-corrected chi connectivity index (χ0v) is 14.2. The van der Waals surface area contributed by atoms with Crippen LogP contribution >= 0.6 is 0 Å². The van der Waals surface area contributed by atoms with E-state index >= 15 is 0 Å². The fraction of sp³-hybridized carbons (Fsp3) is 1.00. The Bertz CT molecular complexity index is 270. The molecule has 2 rings (SSSR count). The van der Waals surface area contributed by atoms with Crippen molar-refractivity contribution in [2.75, 3.05) is 32.8 Å². The second-order valence-corrected chi connectivity index (χ2v) is 8.20. The molecule has 2 aliphatic heterocycles. The second kappa shape index (κ2) is 7.26. The summed E-state index contributed by atoms with van der Waals surface area (Å²) in [5.41, 5.74) is 0.501.